The van der Waals surface area contributed by atoms with Crippen molar-refractivity contribution in [3.63, 3.8) is 0 Å². The predicted molar refractivity (Wildman–Crippen MR) is 112 cm³/mol. The molecule has 0 bridgehead atoms. The number of hydrogen-bond acceptors (Lipinski definition) is 5. The van der Waals surface area contributed by atoms with Crippen LogP contribution in [0.25, 0.3) is 22.7 Å². The number of carbonyl (C=O) groups excluding carboxylic acids is 1. The Kier molecular flexibility index (Phi) is 5.01. The summed E-state index contributed by atoms with van der Waals surface area (Å²) in [5, 5.41) is 6.25. The van der Waals surface area contributed by atoms with Crippen LogP contribution in [-0.2, 0) is 0 Å². The largest absolute Gasteiger partial charge is 0.434 e. The first kappa shape index (κ1) is 18.1. The maximum atomic E-state index is 12.2. The van der Waals surface area contributed by atoms with Gasteiger partial charge in [0.1, 0.15) is 0 Å². The fourth-order valence-corrected chi connectivity index (χ4v) is 2.96. The number of fused-ring (bicyclic) bond motifs is 1. The highest BCUT2D eigenvalue weighted by atomic mass is 35.5. The topological polar surface area (TPSA) is 80.0 Å². The Morgan fingerprint density at radius 2 is 1.89 bits per heavy atom. The first-order valence-electron chi connectivity index (χ1n) is 8.28. The molecule has 0 saturated carbocycles. The van der Waals surface area contributed by atoms with Gasteiger partial charge in [0.25, 0.3) is 5.91 Å². The fraction of sp³-hybridized carbons (Fsp3) is 0. The van der Waals surface area contributed by atoms with Crippen molar-refractivity contribution >= 4 is 51.8 Å². The van der Waals surface area contributed by atoms with Crippen LogP contribution in [-0.4, -0.2) is 21.0 Å². The molecule has 2 N–H and O–H groups in total. The third-order valence-corrected chi connectivity index (χ3v) is 4.31. The molecule has 0 fully saturated rings. The van der Waals surface area contributed by atoms with Crippen LogP contribution >= 0.6 is 23.8 Å². The first-order valence-corrected chi connectivity index (χ1v) is 9.07. The number of nitrogens with one attached hydrogen (secondary N) is 2. The van der Waals surface area contributed by atoms with Gasteiger partial charge in [0.15, 0.2) is 16.3 Å². The number of anilines is 1. The summed E-state index contributed by atoms with van der Waals surface area (Å²) < 4.78 is 5.70. The minimum absolute atomic E-state index is 0.184. The van der Waals surface area contributed by atoms with Crippen LogP contribution in [0, 0.1) is 0 Å². The number of thiocarbonyl (C=S) groups is 1. The second kappa shape index (κ2) is 7.75. The smallest absolute Gasteiger partial charge is 0.257 e. The van der Waals surface area contributed by atoms with Crippen molar-refractivity contribution in [3.8, 4) is 11.5 Å². The van der Waals surface area contributed by atoms with E-state index in [2.05, 4.69) is 20.6 Å². The Hall–Kier alpha value is -3.29. The van der Waals surface area contributed by atoms with Crippen molar-refractivity contribution in [3.05, 3.63) is 77.4 Å². The summed E-state index contributed by atoms with van der Waals surface area (Å²) in [5.74, 6) is 0.146. The molecule has 0 saturated heterocycles. The average molecular weight is 409 g/mol. The SMILES string of the molecule is O=C(NC(=S)Nc1ccc(-c2nc3ncccc3o2)cc1)c1cccc(Cl)c1. The van der Waals surface area contributed by atoms with Gasteiger partial charge in [-0.25, -0.2) is 4.98 Å². The van der Waals surface area contributed by atoms with Crippen LogP contribution in [0.5, 0.6) is 0 Å². The summed E-state index contributed by atoms with van der Waals surface area (Å²) in [6.07, 6.45) is 1.67. The van der Waals surface area contributed by atoms with Crippen molar-refractivity contribution in [2.45, 2.75) is 0 Å². The third-order valence-electron chi connectivity index (χ3n) is 3.87. The van der Waals surface area contributed by atoms with E-state index in [0.717, 1.165) is 11.3 Å². The molecule has 0 radical (unpaired) electrons. The molecular formula is C20H13ClN4O2S. The van der Waals surface area contributed by atoms with Crippen LogP contribution in [0.2, 0.25) is 5.02 Å². The van der Waals surface area contributed by atoms with Gasteiger partial charge in [-0.15, -0.1) is 0 Å². The van der Waals surface area contributed by atoms with Crippen LogP contribution in [0.4, 0.5) is 5.69 Å². The van der Waals surface area contributed by atoms with E-state index in [1.54, 1.807) is 36.5 Å². The molecule has 0 spiro atoms. The first-order chi connectivity index (χ1) is 13.6. The normalized spacial score (nSPS) is 10.6. The molecule has 2 aromatic carbocycles. The van der Waals surface area contributed by atoms with Gasteiger partial charge in [-0.1, -0.05) is 17.7 Å². The van der Waals surface area contributed by atoms with E-state index in [1.165, 1.54) is 0 Å². The average Bonchev–Trinajstić information content (AvgIpc) is 3.12. The zero-order valence-corrected chi connectivity index (χ0v) is 15.9. The molecule has 4 aromatic rings. The monoisotopic (exact) mass is 408 g/mol. The molecule has 4 rings (SSSR count). The summed E-state index contributed by atoms with van der Waals surface area (Å²) in [7, 11) is 0. The van der Waals surface area contributed by atoms with Gasteiger partial charge < -0.3 is 9.73 Å². The molecule has 8 heteroatoms. The number of rotatable bonds is 3. The molecule has 0 unspecified atom stereocenters. The lowest BCUT2D eigenvalue weighted by molar-refractivity contribution is 0.0977. The van der Waals surface area contributed by atoms with E-state index >= 15 is 0 Å². The van der Waals surface area contributed by atoms with Crippen molar-refractivity contribution in [2.75, 3.05) is 5.32 Å². The van der Waals surface area contributed by atoms with Gasteiger partial charge in [0, 0.05) is 28.0 Å². The van der Waals surface area contributed by atoms with E-state index in [1.807, 2.05) is 30.3 Å². The van der Waals surface area contributed by atoms with Gasteiger partial charge in [0.05, 0.1) is 0 Å². The van der Waals surface area contributed by atoms with Crippen LogP contribution < -0.4 is 10.6 Å². The zero-order valence-electron chi connectivity index (χ0n) is 14.3. The van der Waals surface area contributed by atoms with Crippen molar-refractivity contribution in [1.29, 1.82) is 0 Å². The number of nitrogens with zero attached hydrogens (tertiary/aromatic N) is 2. The molecule has 138 valence electrons. The number of carbonyl (C=O) groups is 1. The predicted octanol–water partition coefficient (Wildman–Crippen LogP) is 4.67. The molecule has 2 aromatic heterocycles. The molecule has 28 heavy (non-hydrogen) atoms. The number of oxazole rings is 1. The summed E-state index contributed by atoms with van der Waals surface area (Å²) in [5.41, 5.74) is 3.14. The van der Waals surface area contributed by atoms with Crippen LogP contribution in [0.15, 0.2) is 71.3 Å². The number of pyridine rings is 1. The van der Waals surface area contributed by atoms with E-state index in [9.17, 15) is 4.79 Å². The zero-order chi connectivity index (χ0) is 19.5. The standard InChI is InChI=1S/C20H13ClN4O2S/c21-14-4-1-3-13(11-14)18(26)25-20(28)23-15-8-6-12(7-9-15)19-24-17-16(27-19)5-2-10-22-17/h1-11H,(H2,23,25,26,28). The lowest BCUT2D eigenvalue weighted by atomic mass is 10.2. The maximum Gasteiger partial charge on any atom is 0.257 e. The molecular weight excluding hydrogens is 396 g/mol. The number of aromatic nitrogens is 2. The summed E-state index contributed by atoms with van der Waals surface area (Å²) in [6.45, 7) is 0. The van der Waals surface area contributed by atoms with Crippen molar-refractivity contribution < 1.29 is 9.21 Å². The Bertz CT molecular complexity index is 1140. The van der Waals surface area contributed by atoms with Gasteiger partial charge in [-0.05, 0) is 66.8 Å². The summed E-state index contributed by atoms with van der Waals surface area (Å²) >= 11 is 11.1. The van der Waals surface area contributed by atoms with Gasteiger partial charge in [0.2, 0.25) is 5.89 Å². The Morgan fingerprint density at radius 1 is 1.07 bits per heavy atom. The minimum atomic E-state index is -0.337. The van der Waals surface area contributed by atoms with E-state index < -0.39 is 0 Å². The summed E-state index contributed by atoms with van der Waals surface area (Å²) in [6, 6.07) is 17.6. The number of hydrogen-bond donors (Lipinski definition) is 2. The summed E-state index contributed by atoms with van der Waals surface area (Å²) in [4.78, 5) is 20.7. The molecule has 0 aliphatic heterocycles. The number of benzene rings is 2. The number of amides is 1. The number of halogens is 1. The molecule has 0 atom stereocenters. The van der Waals surface area contributed by atoms with Crippen LogP contribution in [0.1, 0.15) is 10.4 Å². The van der Waals surface area contributed by atoms with Crippen molar-refractivity contribution in [2.24, 2.45) is 0 Å². The van der Waals surface area contributed by atoms with E-state index in [4.69, 9.17) is 28.2 Å². The van der Waals surface area contributed by atoms with Gasteiger partial charge in [-0.3, -0.25) is 10.1 Å². The fourth-order valence-electron chi connectivity index (χ4n) is 2.56. The Balaban J connectivity index is 1.42. The maximum absolute atomic E-state index is 12.2. The van der Waals surface area contributed by atoms with Gasteiger partial charge >= 0.3 is 0 Å². The second-order valence-electron chi connectivity index (χ2n) is 5.84. The molecule has 6 nitrogen and oxygen atoms in total. The quantitative estimate of drug-likeness (QED) is 0.479. The highest BCUT2D eigenvalue weighted by molar-refractivity contribution is 7.80. The highest BCUT2D eigenvalue weighted by Gasteiger charge is 2.10. The van der Waals surface area contributed by atoms with Crippen LogP contribution in [0.3, 0.4) is 0 Å². The van der Waals surface area contributed by atoms with Crippen molar-refractivity contribution in [1.82, 2.24) is 15.3 Å². The molecule has 2 heterocycles. The van der Waals surface area contributed by atoms with Gasteiger partial charge in [-0.2, -0.15) is 4.98 Å². The minimum Gasteiger partial charge on any atom is -0.434 e. The molecule has 0 aliphatic rings. The Labute approximate surface area is 170 Å². The van der Waals surface area contributed by atoms with E-state index in [0.29, 0.717) is 27.7 Å². The third kappa shape index (κ3) is 4.00. The Morgan fingerprint density at radius 3 is 2.64 bits per heavy atom. The lowest BCUT2D eigenvalue weighted by Crippen LogP contribution is -2.34. The van der Waals surface area contributed by atoms with E-state index in [-0.39, 0.29) is 11.0 Å². The highest BCUT2D eigenvalue weighted by Crippen LogP contribution is 2.24. The molecule has 0 aliphatic carbocycles. The lowest BCUT2D eigenvalue weighted by Gasteiger charge is -2.10. The second-order valence-corrected chi connectivity index (χ2v) is 6.68. The molecule has 1 amide bonds.